The summed E-state index contributed by atoms with van der Waals surface area (Å²) in [6.45, 7) is 13.5. The number of amides is 1. The van der Waals surface area contributed by atoms with Crippen LogP contribution in [0.3, 0.4) is 0 Å². The summed E-state index contributed by atoms with van der Waals surface area (Å²) in [5.41, 5.74) is 8.49. The average molecular weight is 533 g/mol. The Hall–Kier alpha value is -2.89. The maximum atomic E-state index is 12.9. The fraction of sp³-hybridized carbons (Fsp3) is 0.355. The predicted octanol–water partition coefficient (Wildman–Crippen LogP) is 8.87. The molecule has 2 aromatic heterocycles. The van der Waals surface area contributed by atoms with Crippen molar-refractivity contribution in [2.45, 2.75) is 71.6 Å². The number of nitrogens with one attached hydrogen (secondary N) is 1. The molecular formula is C31H33ClN2O2S. The highest BCUT2D eigenvalue weighted by Gasteiger charge is 2.37. The van der Waals surface area contributed by atoms with Gasteiger partial charge in [0.25, 0.3) is 5.91 Å². The van der Waals surface area contributed by atoms with Gasteiger partial charge in [-0.15, -0.1) is 11.3 Å². The van der Waals surface area contributed by atoms with Crippen molar-refractivity contribution in [3.8, 4) is 11.3 Å². The van der Waals surface area contributed by atoms with Crippen LogP contribution in [-0.4, -0.2) is 10.9 Å². The summed E-state index contributed by atoms with van der Waals surface area (Å²) in [4.78, 5) is 17.5. The van der Waals surface area contributed by atoms with Gasteiger partial charge in [0.15, 0.2) is 10.9 Å². The largest absolute Gasteiger partial charge is 0.456 e. The monoisotopic (exact) mass is 532 g/mol. The van der Waals surface area contributed by atoms with E-state index in [1.54, 1.807) is 6.07 Å². The van der Waals surface area contributed by atoms with Crippen molar-refractivity contribution in [1.82, 2.24) is 4.98 Å². The number of furan rings is 1. The summed E-state index contributed by atoms with van der Waals surface area (Å²) in [5.74, 6) is 0.758. The summed E-state index contributed by atoms with van der Waals surface area (Å²) in [5, 5.41) is 6.05. The van der Waals surface area contributed by atoms with Gasteiger partial charge in [-0.05, 0) is 89.6 Å². The molecule has 6 heteroatoms. The first kappa shape index (κ1) is 25.7. The molecule has 0 bridgehead atoms. The summed E-state index contributed by atoms with van der Waals surface area (Å²) in [6, 6.07) is 14.1. The molecule has 0 fully saturated rings. The van der Waals surface area contributed by atoms with Gasteiger partial charge >= 0.3 is 0 Å². The molecule has 0 saturated heterocycles. The third kappa shape index (κ3) is 5.12. The van der Waals surface area contributed by atoms with Crippen LogP contribution >= 0.6 is 22.9 Å². The van der Waals surface area contributed by atoms with Crippen LogP contribution in [0.5, 0.6) is 0 Å². The molecule has 1 aliphatic carbocycles. The van der Waals surface area contributed by atoms with Crippen LogP contribution in [0.4, 0.5) is 5.13 Å². The molecule has 1 N–H and O–H groups in total. The second kappa shape index (κ2) is 9.45. The summed E-state index contributed by atoms with van der Waals surface area (Å²) >= 11 is 7.53. The number of fused-ring (bicyclic) bond motifs is 1. The number of aryl methyl sites for hydroxylation is 2. The normalized spacial score (nSPS) is 15.9. The zero-order chi connectivity index (χ0) is 26.5. The third-order valence-electron chi connectivity index (χ3n) is 7.74. The lowest BCUT2D eigenvalue weighted by atomic mass is 9.62. The average Bonchev–Trinajstić information content (AvgIpc) is 3.50. The van der Waals surface area contributed by atoms with Crippen molar-refractivity contribution >= 4 is 34.0 Å². The Balaban J connectivity index is 1.32. The summed E-state index contributed by atoms with van der Waals surface area (Å²) in [6.07, 6.45) is 3.03. The molecule has 2 aromatic carbocycles. The molecule has 0 radical (unpaired) electrons. The van der Waals surface area contributed by atoms with Gasteiger partial charge in [0.05, 0.1) is 5.69 Å². The van der Waals surface area contributed by atoms with Crippen molar-refractivity contribution < 1.29 is 9.21 Å². The lowest BCUT2D eigenvalue weighted by Crippen LogP contribution is -2.34. The molecule has 5 rings (SSSR count). The van der Waals surface area contributed by atoms with Gasteiger partial charge in [0.1, 0.15) is 5.76 Å². The van der Waals surface area contributed by atoms with Crippen LogP contribution in [-0.2, 0) is 17.3 Å². The molecular weight excluding hydrogens is 500 g/mol. The van der Waals surface area contributed by atoms with E-state index in [9.17, 15) is 4.79 Å². The van der Waals surface area contributed by atoms with E-state index in [4.69, 9.17) is 16.0 Å². The molecule has 4 aromatic rings. The van der Waals surface area contributed by atoms with E-state index in [2.05, 4.69) is 57.1 Å². The van der Waals surface area contributed by atoms with Gasteiger partial charge < -0.3 is 4.42 Å². The van der Waals surface area contributed by atoms with E-state index in [0.717, 1.165) is 27.6 Å². The third-order valence-corrected chi connectivity index (χ3v) is 8.92. The molecule has 0 spiro atoms. The Labute approximate surface area is 228 Å². The first-order valence-corrected chi connectivity index (χ1v) is 14.0. The van der Waals surface area contributed by atoms with Gasteiger partial charge in [-0.1, -0.05) is 57.5 Å². The summed E-state index contributed by atoms with van der Waals surface area (Å²) in [7, 11) is 0. The number of rotatable bonds is 5. The number of carbonyl (C=O) groups excluding carboxylic acids is 1. The minimum atomic E-state index is -0.301. The highest BCUT2D eigenvalue weighted by Crippen LogP contribution is 2.46. The Kier molecular flexibility index (Phi) is 6.57. The molecule has 0 unspecified atom stereocenters. The van der Waals surface area contributed by atoms with Crippen LogP contribution in [0, 0.1) is 13.8 Å². The molecule has 0 aliphatic heterocycles. The zero-order valence-corrected chi connectivity index (χ0v) is 23.9. The minimum absolute atomic E-state index is 0.152. The van der Waals surface area contributed by atoms with E-state index in [1.807, 2.05) is 36.6 Å². The van der Waals surface area contributed by atoms with E-state index < -0.39 is 0 Å². The number of thiazole rings is 1. The van der Waals surface area contributed by atoms with Crippen LogP contribution in [0.1, 0.15) is 84.7 Å². The number of benzene rings is 2. The number of aromatic nitrogens is 1. The van der Waals surface area contributed by atoms with Crippen LogP contribution in [0.25, 0.3) is 11.3 Å². The maximum Gasteiger partial charge on any atom is 0.293 e. The number of hydrogen-bond acceptors (Lipinski definition) is 4. The van der Waals surface area contributed by atoms with Crippen LogP contribution in [0.15, 0.2) is 52.3 Å². The molecule has 0 atom stereocenters. The molecule has 0 saturated carbocycles. The lowest BCUT2D eigenvalue weighted by molar-refractivity contribution is 0.0995. The van der Waals surface area contributed by atoms with E-state index in [0.29, 0.717) is 11.6 Å². The van der Waals surface area contributed by atoms with Crippen molar-refractivity contribution in [2.24, 2.45) is 0 Å². The number of halogens is 1. The number of nitrogens with zero attached hydrogens (tertiary/aromatic N) is 1. The highest BCUT2D eigenvalue weighted by atomic mass is 35.5. The number of carbonyl (C=O) groups is 1. The smallest absolute Gasteiger partial charge is 0.293 e. The van der Waals surface area contributed by atoms with Crippen molar-refractivity contribution in [1.29, 1.82) is 0 Å². The molecule has 4 nitrogen and oxygen atoms in total. The summed E-state index contributed by atoms with van der Waals surface area (Å²) < 4.78 is 5.98. The Morgan fingerprint density at radius 2 is 1.70 bits per heavy atom. The van der Waals surface area contributed by atoms with E-state index >= 15 is 0 Å². The fourth-order valence-corrected chi connectivity index (χ4v) is 6.00. The standard InChI is InChI=1S/C31H33ClN2O2S/c1-18-14-23-24(31(5,6)12-11-30(23,3)4)16-21(18)15-22-8-10-27(36-22)28(35)34-29-33-26(17-37-29)20-7-9-25(32)19(2)13-20/h7-10,13-14,16-17H,11-12,15H2,1-6H3,(H,33,34,35). The molecule has 1 aliphatic rings. The fourth-order valence-electron chi connectivity index (χ4n) is 5.17. The second-order valence-electron chi connectivity index (χ2n) is 11.5. The van der Waals surface area contributed by atoms with Gasteiger partial charge in [0.2, 0.25) is 0 Å². The topological polar surface area (TPSA) is 55.1 Å². The SMILES string of the molecule is Cc1cc(-c2csc(NC(=O)c3ccc(Cc4cc5c(cc4C)C(C)(C)CCC5(C)C)o3)n2)ccc1Cl. The number of hydrogen-bond donors (Lipinski definition) is 1. The second-order valence-corrected chi connectivity index (χ2v) is 12.8. The minimum Gasteiger partial charge on any atom is -0.456 e. The lowest BCUT2D eigenvalue weighted by Gasteiger charge is -2.42. The highest BCUT2D eigenvalue weighted by molar-refractivity contribution is 7.14. The Morgan fingerprint density at radius 1 is 1.00 bits per heavy atom. The van der Waals surface area contributed by atoms with Gasteiger partial charge in [-0.3, -0.25) is 10.1 Å². The number of anilines is 1. The molecule has 2 heterocycles. The van der Waals surface area contributed by atoms with Gasteiger partial charge in [-0.2, -0.15) is 0 Å². The molecule has 37 heavy (non-hydrogen) atoms. The predicted molar refractivity (Wildman–Crippen MR) is 153 cm³/mol. The van der Waals surface area contributed by atoms with Gasteiger partial charge in [0, 0.05) is 22.4 Å². The van der Waals surface area contributed by atoms with E-state index in [1.165, 1.54) is 46.4 Å². The Bertz CT molecular complexity index is 1490. The van der Waals surface area contributed by atoms with Crippen molar-refractivity contribution in [3.63, 3.8) is 0 Å². The molecule has 192 valence electrons. The zero-order valence-electron chi connectivity index (χ0n) is 22.3. The molecule has 1 amide bonds. The van der Waals surface area contributed by atoms with E-state index in [-0.39, 0.29) is 22.5 Å². The van der Waals surface area contributed by atoms with Crippen molar-refractivity contribution in [3.05, 3.63) is 92.2 Å². The van der Waals surface area contributed by atoms with Crippen LogP contribution < -0.4 is 5.32 Å². The Morgan fingerprint density at radius 3 is 2.41 bits per heavy atom. The van der Waals surface area contributed by atoms with Gasteiger partial charge in [-0.25, -0.2) is 4.98 Å². The van der Waals surface area contributed by atoms with Crippen LogP contribution in [0.2, 0.25) is 5.02 Å². The maximum absolute atomic E-state index is 12.9. The quantitative estimate of drug-likeness (QED) is 0.279. The van der Waals surface area contributed by atoms with Crippen molar-refractivity contribution in [2.75, 3.05) is 5.32 Å². The first-order valence-electron chi connectivity index (χ1n) is 12.7. The first-order chi connectivity index (χ1) is 17.4.